The van der Waals surface area contributed by atoms with Crippen LogP contribution in [0.1, 0.15) is 46.4 Å². The number of esters is 1. The fraction of sp³-hybridized carbons (Fsp3) is 0.261. The number of rotatable bonds is 9. The summed E-state index contributed by atoms with van der Waals surface area (Å²) >= 11 is 19.2. The molecular weight excluding hydrogens is 549 g/mol. The van der Waals surface area contributed by atoms with Gasteiger partial charge in [0.2, 0.25) is 5.91 Å². The van der Waals surface area contributed by atoms with Crippen LogP contribution in [-0.4, -0.2) is 44.9 Å². The third-order valence-corrected chi connectivity index (χ3v) is 6.96. The molecule has 0 saturated carbocycles. The van der Waals surface area contributed by atoms with Crippen LogP contribution in [-0.2, 0) is 16.6 Å². The quantitative estimate of drug-likeness (QED) is 0.269. The highest BCUT2D eigenvalue weighted by Crippen LogP contribution is 2.26. The van der Waals surface area contributed by atoms with Crippen LogP contribution in [0.25, 0.3) is 0 Å². The number of nitrogens with one attached hydrogen (secondary N) is 2. The van der Waals surface area contributed by atoms with Crippen molar-refractivity contribution in [3.63, 3.8) is 0 Å². The summed E-state index contributed by atoms with van der Waals surface area (Å²) in [6.07, 6.45) is 0. The first-order chi connectivity index (χ1) is 17.1. The molecule has 0 bridgehead atoms. The summed E-state index contributed by atoms with van der Waals surface area (Å²) < 4.78 is 6.66. The smallest absolute Gasteiger partial charge is 0.338 e. The standard InChI is InChI=1S/C23H22Cl3N5O4S/c1-4-35-22(34)14-6-8-16(25)18(10-14)28-19(32)11-36-23-30-29-20(31(23)3)12(2)27-21(33)13-5-7-15(24)17(26)9-13/h5-10,12H,4,11H2,1-3H3,(H,27,33)(H,28,32). The van der Waals surface area contributed by atoms with E-state index in [1.54, 1.807) is 37.6 Å². The molecule has 2 N–H and O–H groups in total. The zero-order valence-electron chi connectivity index (χ0n) is 19.5. The Hall–Kier alpha value is -2.79. The second-order valence-electron chi connectivity index (χ2n) is 7.48. The van der Waals surface area contributed by atoms with E-state index in [1.807, 2.05) is 0 Å². The van der Waals surface area contributed by atoms with Gasteiger partial charge in [-0.15, -0.1) is 10.2 Å². The molecule has 2 amide bonds. The number of ether oxygens (including phenoxy) is 1. The van der Waals surface area contributed by atoms with E-state index in [0.717, 1.165) is 11.8 Å². The third kappa shape index (κ3) is 6.91. The Bertz CT molecular complexity index is 1300. The van der Waals surface area contributed by atoms with E-state index in [4.69, 9.17) is 39.5 Å². The molecule has 9 nitrogen and oxygen atoms in total. The summed E-state index contributed by atoms with van der Waals surface area (Å²) in [4.78, 5) is 37.0. The number of anilines is 1. The molecule has 13 heteroatoms. The Labute approximate surface area is 226 Å². The first-order valence-corrected chi connectivity index (χ1v) is 12.8. The van der Waals surface area contributed by atoms with Crippen LogP contribution in [0, 0.1) is 0 Å². The van der Waals surface area contributed by atoms with Gasteiger partial charge in [0.1, 0.15) is 0 Å². The lowest BCUT2D eigenvalue weighted by molar-refractivity contribution is -0.113. The van der Waals surface area contributed by atoms with E-state index >= 15 is 0 Å². The molecule has 0 aliphatic heterocycles. The first-order valence-electron chi connectivity index (χ1n) is 10.6. The van der Waals surface area contributed by atoms with Gasteiger partial charge in [-0.25, -0.2) is 4.79 Å². The zero-order chi connectivity index (χ0) is 26.4. The molecule has 1 unspecified atom stereocenters. The van der Waals surface area contributed by atoms with Crippen molar-refractivity contribution in [2.45, 2.75) is 25.0 Å². The van der Waals surface area contributed by atoms with Crippen molar-refractivity contribution in [1.82, 2.24) is 20.1 Å². The predicted molar refractivity (Wildman–Crippen MR) is 140 cm³/mol. The monoisotopic (exact) mass is 569 g/mol. The summed E-state index contributed by atoms with van der Waals surface area (Å²) in [5.41, 5.74) is 0.930. The maximum atomic E-state index is 12.6. The van der Waals surface area contributed by atoms with Crippen molar-refractivity contribution in [2.24, 2.45) is 7.05 Å². The molecule has 0 aliphatic carbocycles. The average Bonchev–Trinajstić information content (AvgIpc) is 3.21. The number of thioether (sulfide) groups is 1. The molecule has 3 aromatic rings. The lowest BCUT2D eigenvalue weighted by Gasteiger charge is -2.14. The van der Waals surface area contributed by atoms with Crippen LogP contribution in [0.4, 0.5) is 5.69 Å². The van der Waals surface area contributed by atoms with Gasteiger partial charge >= 0.3 is 5.97 Å². The van der Waals surface area contributed by atoms with Crippen molar-refractivity contribution >= 4 is 70.0 Å². The minimum Gasteiger partial charge on any atom is -0.462 e. The van der Waals surface area contributed by atoms with Gasteiger partial charge in [-0.05, 0) is 50.2 Å². The van der Waals surface area contributed by atoms with Gasteiger partial charge in [-0.1, -0.05) is 46.6 Å². The maximum Gasteiger partial charge on any atom is 0.338 e. The lowest BCUT2D eigenvalue weighted by Crippen LogP contribution is -2.28. The van der Waals surface area contributed by atoms with Crippen molar-refractivity contribution in [3.05, 3.63) is 68.4 Å². The van der Waals surface area contributed by atoms with Gasteiger partial charge in [0.25, 0.3) is 5.91 Å². The van der Waals surface area contributed by atoms with Gasteiger partial charge in [0, 0.05) is 12.6 Å². The number of aromatic nitrogens is 3. The largest absolute Gasteiger partial charge is 0.462 e. The van der Waals surface area contributed by atoms with Crippen molar-refractivity contribution in [1.29, 1.82) is 0 Å². The summed E-state index contributed by atoms with van der Waals surface area (Å²) in [7, 11) is 1.73. The average molecular weight is 571 g/mol. The maximum absolute atomic E-state index is 12.6. The van der Waals surface area contributed by atoms with Gasteiger partial charge in [0.05, 0.1) is 44.7 Å². The molecule has 0 saturated heterocycles. The number of amides is 2. The van der Waals surface area contributed by atoms with Gasteiger partial charge < -0.3 is 19.9 Å². The predicted octanol–water partition coefficient (Wildman–Crippen LogP) is 5.17. The highest BCUT2D eigenvalue weighted by atomic mass is 35.5. The second kappa shape index (κ2) is 12.4. The highest BCUT2D eigenvalue weighted by Gasteiger charge is 2.20. The molecule has 0 radical (unpaired) electrons. The van der Waals surface area contributed by atoms with E-state index in [9.17, 15) is 14.4 Å². The normalized spacial score (nSPS) is 11.6. The number of carbonyl (C=O) groups is 3. The highest BCUT2D eigenvalue weighted by molar-refractivity contribution is 7.99. The van der Waals surface area contributed by atoms with E-state index in [0.29, 0.717) is 27.3 Å². The summed E-state index contributed by atoms with van der Waals surface area (Å²) in [6, 6.07) is 8.62. The summed E-state index contributed by atoms with van der Waals surface area (Å²) in [6.45, 7) is 3.70. The molecule has 1 atom stereocenters. The summed E-state index contributed by atoms with van der Waals surface area (Å²) in [5.74, 6) is -0.703. The van der Waals surface area contributed by atoms with E-state index in [-0.39, 0.29) is 39.8 Å². The molecule has 2 aromatic carbocycles. The first kappa shape index (κ1) is 27.8. The SMILES string of the molecule is CCOC(=O)c1ccc(Cl)c(NC(=O)CSc2nnc(C(C)NC(=O)c3ccc(Cl)c(Cl)c3)n2C)c1. The van der Waals surface area contributed by atoms with E-state index in [1.165, 1.54) is 24.3 Å². The Morgan fingerprint density at radius 2 is 1.72 bits per heavy atom. The number of carbonyl (C=O) groups excluding carboxylic acids is 3. The van der Waals surface area contributed by atoms with Crippen LogP contribution < -0.4 is 10.6 Å². The minimum atomic E-state index is -0.508. The Kier molecular flexibility index (Phi) is 9.61. The number of hydrogen-bond acceptors (Lipinski definition) is 7. The molecule has 190 valence electrons. The molecule has 1 heterocycles. The fourth-order valence-corrected chi connectivity index (χ4v) is 4.27. The number of benzene rings is 2. The molecule has 0 fully saturated rings. The topological polar surface area (TPSA) is 115 Å². The second-order valence-corrected chi connectivity index (χ2v) is 9.64. The number of hydrogen-bond donors (Lipinski definition) is 2. The van der Waals surface area contributed by atoms with Crippen LogP contribution in [0.15, 0.2) is 41.6 Å². The Balaban J connectivity index is 1.60. The minimum absolute atomic E-state index is 0.00987. The molecule has 3 rings (SSSR count). The Morgan fingerprint density at radius 1 is 1.03 bits per heavy atom. The Morgan fingerprint density at radius 3 is 2.42 bits per heavy atom. The van der Waals surface area contributed by atoms with Crippen LogP contribution >= 0.6 is 46.6 Å². The van der Waals surface area contributed by atoms with Crippen molar-refractivity contribution in [3.8, 4) is 0 Å². The van der Waals surface area contributed by atoms with E-state index < -0.39 is 12.0 Å². The molecule has 0 aliphatic rings. The zero-order valence-corrected chi connectivity index (χ0v) is 22.6. The van der Waals surface area contributed by atoms with Crippen molar-refractivity contribution < 1.29 is 19.1 Å². The van der Waals surface area contributed by atoms with Gasteiger partial charge in [-0.2, -0.15) is 0 Å². The van der Waals surface area contributed by atoms with Crippen LogP contribution in [0.3, 0.4) is 0 Å². The van der Waals surface area contributed by atoms with Crippen molar-refractivity contribution in [2.75, 3.05) is 17.7 Å². The summed E-state index contributed by atoms with van der Waals surface area (Å²) in [5, 5.41) is 15.2. The lowest BCUT2D eigenvalue weighted by atomic mass is 10.2. The number of halogens is 3. The van der Waals surface area contributed by atoms with Crippen LogP contribution in [0.5, 0.6) is 0 Å². The fourth-order valence-electron chi connectivity index (χ4n) is 3.09. The van der Waals surface area contributed by atoms with Crippen LogP contribution in [0.2, 0.25) is 15.1 Å². The molecular formula is C23H22Cl3N5O4S. The van der Waals surface area contributed by atoms with Gasteiger partial charge in [0.15, 0.2) is 11.0 Å². The third-order valence-electron chi connectivity index (χ3n) is 4.87. The van der Waals surface area contributed by atoms with E-state index in [2.05, 4.69) is 20.8 Å². The molecule has 0 spiro atoms. The molecule has 36 heavy (non-hydrogen) atoms. The van der Waals surface area contributed by atoms with Gasteiger partial charge in [-0.3, -0.25) is 9.59 Å². The molecule has 1 aromatic heterocycles. The number of nitrogens with zero attached hydrogens (tertiary/aromatic N) is 3.